The third-order valence-electron chi connectivity index (χ3n) is 3.52. The average molecular weight is 328 g/mol. The fraction of sp³-hybridized carbons (Fsp3) is 0.643. The van der Waals surface area contributed by atoms with Gasteiger partial charge >= 0.3 is 0 Å². The van der Waals surface area contributed by atoms with Crippen LogP contribution in [0.25, 0.3) is 0 Å². The lowest BCUT2D eigenvalue weighted by molar-refractivity contribution is 0.0938. The quantitative estimate of drug-likeness (QED) is 0.872. The Morgan fingerprint density at radius 2 is 2.26 bits per heavy atom. The molecule has 1 aromatic rings. The van der Waals surface area contributed by atoms with Crippen LogP contribution in [-0.2, 0) is 0 Å². The van der Waals surface area contributed by atoms with Gasteiger partial charge in [0.2, 0.25) is 0 Å². The van der Waals surface area contributed by atoms with Crippen LogP contribution in [-0.4, -0.2) is 41.6 Å². The van der Waals surface area contributed by atoms with Gasteiger partial charge in [0, 0.05) is 35.8 Å². The van der Waals surface area contributed by atoms with Gasteiger partial charge in [-0.3, -0.25) is 4.79 Å². The molecule has 0 bridgehead atoms. The molecule has 1 saturated carbocycles. The van der Waals surface area contributed by atoms with Gasteiger partial charge in [-0.1, -0.05) is 0 Å². The van der Waals surface area contributed by atoms with E-state index >= 15 is 0 Å². The van der Waals surface area contributed by atoms with Crippen LogP contribution >= 0.6 is 15.9 Å². The maximum absolute atomic E-state index is 12.2. The van der Waals surface area contributed by atoms with E-state index in [0.717, 1.165) is 22.8 Å². The highest BCUT2D eigenvalue weighted by Crippen LogP contribution is 2.24. The smallest absolute Gasteiger partial charge is 0.268 e. The van der Waals surface area contributed by atoms with Crippen molar-refractivity contribution >= 4 is 21.8 Å². The Kier molecular flexibility index (Phi) is 4.68. The molecule has 106 valence electrons. The molecule has 0 aliphatic heterocycles. The number of nitrogens with zero attached hydrogens (tertiary/aromatic N) is 2. The van der Waals surface area contributed by atoms with Crippen molar-refractivity contribution in [3.8, 4) is 0 Å². The van der Waals surface area contributed by atoms with Gasteiger partial charge < -0.3 is 14.8 Å². The minimum absolute atomic E-state index is 0.00333. The minimum atomic E-state index is 0.00333. The molecular formula is C14H22BrN3O. The molecule has 4 nitrogen and oxygen atoms in total. The molecule has 1 aliphatic rings. The normalized spacial score (nSPS) is 15.3. The lowest BCUT2D eigenvalue weighted by atomic mass is 10.3. The number of rotatable bonds is 6. The molecule has 0 atom stereocenters. The van der Waals surface area contributed by atoms with Crippen LogP contribution in [0.4, 0.5) is 0 Å². The molecule has 5 heteroatoms. The summed E-state index contributed by atoms with van der Waals surface area (Å²) in [5.41, 5.74) is 0.718. The number of hydrogen-bond donors (Lipinski definition) is 1. The van der Waals surface area contributed by atoms with Gasteiger partial charge in [-0.05, 0) is 55.7 Å². The van der Waals surface area contributed by atoms with Crippen molar-refractivity contribution in [1.29, 1.82) is 0 Å². The molecule has 0 saturated heterocycles. The first kappa shape index (κ1) is 14.6. The first-order valence-electron chi connectivity index (χ1n) is 6.85. The molecule has 1 fully saturated rings. The maximum Gasteiger partial charge on any atom is 0.268 e. The van der Waals surface area contributed by atoms with Crippen molar-refractivity contribution in [3.63, 3.8) is 0 Å². The van der Waals surface area contributed by atoms with Gasteiger partial charge in [0.15, 0.2) is 0 Å². The third kappa shape index (κ3) is 3.83. The summed E-state index contributed by atoms with van der Waals surface area (Å²) in [5.74, 6) is 0.00333. The van der Waals surface area contributed by atoms with E-state index in [1.165, 1.54) is 12.8 Å². The number of aromatic nitrogens is 1. The van der Waals surface area contributed by atoms with Crippen molar-refractivity contribution < 1.29 is 4.79 Å². The van der Waals surface area contributed by atoms with Gasteiger partial charge in [-0.2, -0.15) is 0 Å². The Balaban J connectivity index is 1.88. The molecule has 1 aliphatic carbocycles. The Labute approximate surface area is 123 Å². The van der Waals surface area contributed by atoms with Crippen LogP contribution in [0.1, 0.15) is 43.2 Å². The van der Waals surface area contributed by atoms with Crippen molar-refractivity contribution in [2.45, 2.75) is 38.8 Å². The average Bonchev–Trinajstić information content (AvgIpc) is 3.11. The lowest BCUT2D eigenvalue weighted by Gasteiger charge is -2.16. The highest BCUT2D eigenvalue weighted by molar-refractivity contribution is 9.10. The molecule has 0 unspecified atom stereocenters. The summed E-state index contributed by atoms with van der Waals surface area (Å²) >= 11 is 3.43. The van der Waals surface area contributed by atoms with Crippen LogP contribution in [0.5, 0.6) is 0 Å². The lowest BCUT2D eigenvalue weighted by Crippen LogP contribution is -2.34. The summed E-state index contributed by atoms with van der Waals surface area (Å²) in [5, 5.41) is 3.00. The molecule has 0 radical (unpaired) electrons. The van der Waals surface area contributed by atoms with Crippen LogP contribution in [0.2, 0.25) is 0 Å². The summed E-state index contributed by atoms with van der Waals surface area (Å²) in [6.07, 6.45) is 4.55. The minimum Gasteiger partial charge on any atom is -0.349 e. The Hall–Kier alpha value is -0.810. The maximum atomic E-state index is 12.2. The monoisotopic (exact) mass is 327 g/mol. The van der Waals surface area contributed by atoms with E-state index in [9.17, 15) is 4.79 Å². The summed E-state index contributed by atoms with van der Waals surface area (Å²) in [7, 11) is 2.12. The van der Waals surface area contributed by atoms with E-state index in [4.69, 9.17) is 0 Å². The van der Waals surface area contributed by atoms with E-state index < -0.39 is 0 Å². The van der Waals surface area contributed by atoms with Crippen LogP contribution in [0.3, 0.4) is 0 Å². The number of carbonyl (C=O) groups excluding carboxylic acids is 1. The summed E-state index contributed by atoms with van der Waals surface area (Å²) in [6.45, 7) is 5.76. The van der Waals surface area contributed by atoms with Crippen molar-refractivity contribution in [1.82, 2.24) is 14.8 Å². The zero-order valence-electron chi connectivity index (χ0n) is 11.8. The predicted molar refractivity (Wildman–Crippen MR) is 80.5 cm³/mol. The van der Waals surface area contributed by atoms with Gasteiger partial charge in [0.1, 0.15) is 5.69 Å². The number of hydrogen-bond acceptors (Lipinski definition) is 2. The number of carbonyl (C=O) groups is 1. The Morgan fingerprint density at radius 1 is 1.58 bits per heavy atom. The first-order chi connectivity index (χ1) is 8.99. The highest BCUT2D eigenvalue weighted by atomic mass is 79.9. The third-order valence-corrected chi connectivity index (χ3v) is 3.96. The Morgan fingerprint density at radius 3 is 2.84 bits per heavy atom. The zero-order valence-corrected chi connectivity index (χ0v) is 13.4. The fourth-order valence-corrected chi connectivity index (χ4v) is 2.63. The van der Waals surface area contributed by atoms with E-state index in [2.05, 4.69) is 47.0 Å². The number of halogens is 1. The van der Waals surface area contributed by atoms with E-state index in [0.29, 0.717) is 6.54 Å². The molecular weight excluding hydrogens is 306 g/mol. The zero-order chi connectivity index (χ0) is 14.0. The van der Waals surface area contributed by atoms with E-state index in [1.807, 2.05) is 16.8 Å². The number of likely N-dealkylation sites (N-methyl/N-ethyl adjacent to an activating group) is 1. The van der Waals surface area contributed by atoms with Crippen LogP contribution < -0.4 is 5.32 Å². The Bertz CT molecular complexity index is 452. The van der Waals surface area contributed by atoms with Gasteiger partial charge in [0.25, 0.3) is 5.91 Å². The van der Waals surface area contributed by atoms with Crippen molar-refractivity contribution in [3.05, 3.63) is 22.4 Å². The second-order valence-corrected chi connectivity index (χ2v) is 6.43. The topological polar surface area (TPSA) is 37.3 Å². The molecule has 0 spiro atoms. The van der Waals surface area contributed by atoms with Crippen LogP contribution in [0.15, 0.2) is 16.7 Å². The molecule has 0 aromatic carbocycles. The SMILES string of the molecule is CC(C)n1cc(Br)cc1C(=O)NCCN(C)C1CC1. The van der Waals surface area contributed by atoms with Crippen molar-refractivity contribution in [2.75, 3.05) is 20.1 Å². The molecule has 1 aromatic heterocycles. The largest absolute Gasteiger partial charge is 0.349 e. The second kappa shape index (κ2) is 6.09. The van der Waals surface area contributed by atoms with Crippen molar-refractivity contribution in [2.24, 2.45) is 0 Å². The van der Waals surface area contributed by atoms with Gasteiger partial charge in [0.05, 0.1) is 0 Å². The van der Waals surface area contributed by atoms with Crippen LogP contribution in [0, 0.1) is 0 Å². The number of amides is 1. The predicted octanol–water partition coefficient (Wildman–Crippen LogP) is 2.66. The fourth-order valence-electron chi connectivity index (χ4n) is 2.19. The van der Waals surface area contributed by atoms with E-state index in [-0.39, 0.29) is 11.9 Å². The first-order valence-corrected chi connectivity index (χ1v) is 7.64. The molecule has 1 heterocycles. The molecule has 2 rings (SSSR count). The summed E-state index contributed by atoms with van der Waals surface area (Å²) < 4.78 is 2.94. The number of nitrogens with one attached hydrogen (secondary N) is 1. The van der Waals surface area contributed by atoms with E-state index in [1.54, 1.807) is 0 Å². The molecule has 1 amide bonds. The molecule has 1 N–H and O–H groups in total. The standard InChI is InChI=1S/C14H22BrN3O/c1-10(2)18-9-11(15)8-13(18)14(19)16-6-7-17(3)12-4-5-12/h8-10,12H,4-7H2,1-3H3,(H,16,19). The molecule has 19 heavy (non-hydrogen) atoms. The van der Waals surface area contributed by atoms with Gasteiger partial charge in [-0.25, -0.2) is 0 Å². The summed E-state index contributed by atoms with van der Waals surface area (Å²) in [4.78, 5) is 14.5. The van der Waals surface area contributed by atoms with Gasteiger partial charge in [-0.15, -0.1) is 0 Å². The second-order valence-electron chi connectivity index (χ2n) is 5.51. The highest BCUT2D eigenvalue weighted by Gasteiger charge is 2.25. The summed E-state index contributed by atoms with van der Waals surface area (Å²) in [6, 6.07) is 2.90.